The molecule has 15 heavy (non-hydrogen) atoms. The van der Waals surface area contributed by atoms with E-state index < -0.39 is 11.7 Å². The zero-order valence-electron chi connectivity index (χ0n) is 7.29. The van der Waals surface area contributed by atoms with Crippen LogP contribution in [0.3, 0.4) is 0 Å². The second-order valence-corrected chi connectivity index (χ2v) is 3.06. The molecule has 1 aromatic rings. The van der Waals surface area contributed by atoms with Crippen LogP contribution in [0.5, 0.6) is 0 Å². The molecule has 0 atom stereocenters. The van der Waals surface area contributed by atoms with Crippen molar-refractivity contribution in [3.05, 3.63) is 28.5 Å². The third kappa shape index (κ3) is 3.09. The highest BCUT2D eigenvalue weighted by Gasteiger charge is 2.31. The van der Waals surface area contributed by atoms with E-state index in [2.05, 4.69) is 10.1 Å². The maximum atomic E-state index is 12.2. The Balaban J connectivity index is 2.98. The molecule has 7 heteroatoms. The molecule has 1 N–H and O–H groups in total. The Morgan fingerprint density at radius 2 is 2.20 bits per heavy atom. The number of hydrogen-bond acceptors (Lipinski definition) is 3. The van der Waals surface area contributed by atoms with Gasteiger partial charge in [0, 0.05) is 18.8 Å². The van der Waals surface area contributed by atoms with Gasteiger partial charge in [-0.3, -0.25) is 4.98 Å². The molecule has 0 saturated heterocycles. The minimum absolute atomic E-state index is 0.0769. The molecule has 0 bridgehead atoms. The van der Waals surface area contributed by atoms with Gasteiger partial charge >= 0.3 is 6.18 Å². The van der Waals surface area contributed by atoms with Crippen LogP contribution in [0.25, 0.3) is 0 Å². The molecule has 0 aliphatic rings. The summed E-state index contributed by atoms with van der Waals surface area (Å²) in [7, 11) is 0. The molecule has 0 spiro atoms. The van der Waals surface area contributed by atoms with Gasteiger partial charge in [-0.15, -0.1) is 5.16 Å². The molecule has 3 nitrogen and oxygen atoms in total. The first-order valence-corrected chi connectivity index (χ1v) is 4.20. The summed E-state index contributed by atoms with van der Waals surface area (Å²) >= 11 is 5.57. The number of oxime groups is 1. The lowest BCUT2D eigenvalue weighted by Gasteiger charge is -2.07. The Hall–Kier alpha value is -1.30. The third-order valence-electron chi connectivity index (χ3n) is 1.61. The summed E-state index contributed by atoms with van der Waals surface area (Å²) in [5.74, 6) is 0. The zero-order valence-corrected chi connectivity index (χ0v) is 8.05. The van der Waals surface area contributed by atoms with Crippen LogP contribution in [0, 0.1) is 0 Å². The smallest absolute Gasteiger partial charge is 0.411 e. The van der Waals surface area contributed by atoms with Gasteiger partial charge in [0.25, 0.3) is 0 Å². The summed E-state index contributed by atoms with van der Waals surface area (Å²) in [6.07, 6.45) is -2.61. The summed E-state index contributed by atoms with van der Waals surface area (Å²) in [5.41, 5.74) is -0.681. The molecule has 0 aliphatic heterocycles. The van der Waals surface area contributed by atoms with E-state index in [9.17, 15) is 13.2 Å². The number of aromatic nitrogens is 1. The lowest BCUT2D eigenvalue weighted by molar-refractivity contribution is -0.137. The van der Waals surface area contributed by atoms with Gasteiger partial charge in [0.1, 0.15) is 0 Å². The standard InChI is InChI=1S/C8H6ClF3N2O/c9-6-3-5(8(10,11)12)4-13-7(6)1-2-14-15/h2-4,15H,1H2/b14-2-. The topological polar surface area (TPSA) is 45.5 Å². The maximum Gasteiger partial charge on any atom is 0.417 e. The average molecular weight is 239 g/mol. The molecule has 1 rings (SSSR count). The van der Waals surface area contributed by atoms with Crippen molar-refractivity contribution < 1.29 is 18.4 Å². The summed E-state index contributed by atoms with van der Waals surface area (Å²) < 4.78 is 36.6. The van der Waals surface area contributed by atoms with Crippen LogP contribution in [0.4, 0.5) is 13.2 Å². The number of nitrogens with zero attached hydrogens (tertiary/aromatic N) is 2. The minimum atomic E-state index is -4.46. The molecule has 82 valence electrons. The van der Waals surface area contributed by atoms with Crippen molar-refractivity contribution in [3.8, 4) is 0 Å². The summed E-state index contributed by atoms with van der Waals surface area (Å²) in [6.45, 7) is 0. The van der Waals surface area contributed by atoms with E-state index in [4.69, 9.17) is 16.8 Å². The van der Waals surface area contributed by atoms with E-state index in [-0.39, 0.29) is 17.1 Å². The van der Waals surface area contributed by atoms with Crippen LogP contribution in [-0.4, -0.2) is 16.4 Å². The van der Waals surface area contributed by atoms with Crippen molar-refractivity contribution in [1.82, 2.24) is 4.98 Å². The molecule has 0 radical (unpaired) electrons. The first-order valence-electron chi connectivity index (χ1n) is 3.82. The lowest BCUT2D eigenvalue weighted by Crippen LogP contribution is -2.06. The molecule has 0 amide bonds. The highest BCUT2D eigenvalue weighted by Crippen LogP contribution is 2.30. The van der Waals surface area contributed by atoms with Crippen LogP contribution in [0.1, 0.15) is 11.3 Å². The number of hydrogen-bond donors (Lipinski definition) is 1. The van der Waals surface area contributed by atoms with Gasteiger partial charge in [0.15, 0.2) is 0 Å². The van der Waals surface area contributed by atoms with Crippen molar-refractivity contribution in [2.45, 2.75) is 12.6 Å². The van der Waals surface area contributed by atoms with E-state index in [0.717, 1.165) is 12.3 Å². The Bertz CT molecular complexity index is 379. The van der Waals surface area contributed by atoms with Crippen molar-refractivity contribution in [2.75, 3.05) is 0 Å². The van der Waals surface area contributed by atoms with E-state index in [1.165, 1.54) is 0 Å². The summed E-state index contributed by atoms with van der Waals surface area (Å²) in [5, 5.41) is 10.7. The van der Waals surface area contributed by atoms with Crippen molar-refractivity contribution >= 4 is 17.8 Å². The summed E-state index contributed by atoms with van der Waals surface area (Å²) in [6, 6.07) is 0.787. The van der Waals surface area contributed by atoms with Gasteiger partial charge in [-0.1, -0.05) is 11.6 Å². The molecule has 1 aromatic heterocycles. The number of pyridine rings is 1. The molecule has 0 fully saturated rings. The van der Waals surface area contributed by atoms with Gasteiger partial charge in [-0.25, -0.2) is 0 Å². The Labute approximate surface area is 88.2 Å². The Kier molecular flexibility index (Phi) is 3.52. The molecule has 1 heterocycles. The molecule has 0 saturated carbocycles. The highest BCUT2D eigenvalue weighted by molar-refractivity contribution is 6.31. The highest BCUT2D eigenvalue weighted by atomic mass is 35.5. The zero-order chi connectivity index (χ0) is 11.5. The van der Waals surface area contributed by atoms with Crippen LogP contribution in [0.2, 0.25) is 5.02 Å². The third-order valence-corrected chi connectivity index (χ3v) is 1.94. The van der Waals surface area contributed by atoms with Crippen molar-refractivity contribution in [3.63, 3.8) is 0 Å². The van der Waals surface area contributed by atoms with Gasteiger partial charge in [-0.05, 0) is 6.07 Å². The second-order valence-electron chi connectivity index (χ2n) is 2.65. The van der Waals surface area contributed by atoms with Gasteiger partial charge in [-0.2, -0.15) is 13.2 Å². The average Bonchev–Trinajstić information content (AvgIpc) is 2.14. The fourth-order valence-electron chi connectivity index (χ4n) is 0.899. The monoisotopic (exact) mass is 238 g/mol. The van der Waals surface area contributed by atoms with Crippen molar-refractivity contribution in [1.29, 1.82) is 0 Å². The van der Waals surface area contributed by atoms with Gasteiger partial charge < -0.3 is 5.21 Å². The Morgan fingerprint density at radius 3 is 2.67 bits per heavy atom. The largest absolute Gasteiger partial charge is 0.417 e. The van der Waals surface area contributed by atoms with Gasteiger partial charge in [0.05, 0.1) is 16.3 Å². The molecular weight excluding hydrogens is 233 g/mol. The molecular formula is C8H6ClF3N2O. The predicted molar refractivity (Wildman–Crippen MR) is 48.2 cm³/mol. The minimum Gasteiger partial charge on any atom is -0.411 e. The fraction of sp³-hybridized carbons (Fsp3) is 0.250. The number of rotatable bonds is 2. The first-order chi connectivity index (χ1) is 6.95. The van der Waals surface area contributed by atoms with E-state index in [1.54, 1.807) is 0 Å². The molecule has 0 aliphatic carbocycles. The predicted octanol–water partition coefficient (Wildman–Crippen LogP) is 2.76. The fourth-order valence-corrected chi connectivity index (χ4v) is 1.14. The van der Waals surface area contributed by atoms with Crippen LogP contribution in [-0.2, 0) is 12.6 Å². The van der Waals surface area contributed by atoms with E-state index in [1.807, 2.05) is 0 Å². The van der Waals surface area contributed by atoms with Crippen LogP contribution >= 0.6 is 11.6 Å². The quantitative estimate of drug-likeness (QED) is 0.489. The first kappa shape index (κ1) is 11.8. The lowest BCUT2D eigenvalue weighted by atomic mass is 10.2. The summed E-state index contributed by atoms with van der Waals surface area (Å²) in [4.78, 5) is 3.53. The molecule has 0 aromatic carbocycles. The second kappa shape index (κ2) is 4.48. The number of halogens is 4. The molecule has 0 unspecified atom stereocenters. The van der Waals surface area contributed by atoms with Crippen LogP contribution in [0.15, 0.2) is 17.4 Å². The number of alkyl halides is 3. The van der Waals surface area contributed by atoms with Crippen molar-refractivity contribution in [2.24, 2.45) is 5.16 Å². The Morgan fingerprint density at radius 1 is 1.53 bits per heavy atom. The SMILES string of the molecule is O/N=C\Cc1ncc(C(F)(F)F)cc1Cl. The van der Waals surface area contributed by atoms with E-state index >= 15 is 0 Å². The van der Waals surface area contributed by atoms with Gasteiger partial charge in [0.2, 0.25) is 0 Å². The van der Waals surface area contributed by atoms with E-state index in [0.29, 0.717) is 6.20 Å². The normalized spacial score (nSPS) is 12.3. The van der Waals surface area contributed by atoms with Crippen LogP contribution < -0.4 is 0 Å². The maximum absolute atomic E-state index is 12.2.